The fraction of sp³-hybridized carbons (Fsp3) is 0.500. The van der Waals surface area contributed by atoms with Crippen LogP contribution in [0, 0.1) is 6.92 Å². The van der Waals surface area contributed by atoms with Crippen molar-refractivity contribution in [1.29, 1.82) is 0 Å². The zero-order valence-electron chi connectivity index (χ0n) is 13.9. The molecule has 0 saturated carbocycles. The molecular weight excluding hydrogens is 320 g/mol. The lowest BCUT2D eigenvalue weighted by Crippen LogP contribution is -2.36. The Balaban J connectivity index is 2.52. The van der Waals surface area contributed by atoms with E-state index in [2.05, 4.69) is 10.6 Å². The fourth-order valence-electron chi connectivity index (χ4n) is 1.78. The van der Waals surface area contributed by atoms with Gasteiger partial charge in [0.2, 0.25) is 0 Å². The zero-order valence-corrected chi connectivity index (χ0v) is 14.6. The molecule has 0 aliphatic rings. The molecule has 6 nitrogen and oxygen atoms in total. The largest absolute Gasteiger partial charge is 0.495 e. The number of hydrogen-bond acceptors (Lipinski definition) is 4. The molecule has 1 aromatic rings. The quantitative estimate of drug-likeness (QED) is 0.589. The molecule has 0 saturated heterocycles. The summed E-state index contributed by atoms with van der Waals surface area (Å²) in [5.74, 6) is -1.06. The third-order valence-corrected chi connectivity index (χ3v) is 3.40. The summed E-state index contributed by atoms with van der Waals surface area (Å²) in [6, 6.07) is 3.25. The molecule has 23 heavy (non-hydrogen) atoms. The smallest absolute Gasteiger partial charge is 0.313 e. The van der Waals surface area contributed by atoms with Gasteiger partial charge in [-0.05, 0) is 38.8 Å². The number of carbonyl (C=O) groups is 2. The van der Waals surface area contributed by atoms with Gasteiger partial charge in [-0.2, -0.15) is 0 Å². The highest BCUT2D eigenvalue weighted by molar-refractivity contribution is 6.40. The van der Waals surface area contributed by atoms with Crippen LogP contribution in [0.15, 0.2) is 12.1 Å². The lowest BCUT2D eigenvalue weighted by atomic mass is 10.2. The van der Waals surface area contributed by atoms with Gasteiger partial charge in [0.05, 0.1) is 18.9 Å². The molecule has 0 unspecified atom stereocenters. The summed E-state index contributed by atoms with van der Waals surface area (Å²) in [6.07, 6.45) is 0.787. The first-order valence-electron chi connectivity index (χ1n) is 7.40. The van der Waals surface area contributed by atoms with Crippen LogP contribution in [-0.4, -0.2) is 38.2 Å². The lowest BCUT2D eigenvalue weighted by Gasteiger charge is -2.12. The Labute approximate surface area is 141 Å². The summed E-state index contributed by atoms with van der Waals surface area (Å²) in [6.45, 7) is 6.58. The van der Waals surface area contributed by atoms with Crippen molar-refractivity contribution in [3.8, 4) is 5.75 Å². The van der Waals surface area contributed by atoms with Crippen molar-refractivity contribution >= 4 is 29.1 Å². The first-order chi connectivity index (χ1) is 10.8. The average molecular weight is 343 g/mol. The molecule has 0 bridgehead atoms. The third-order valence-electron chi connectivity index (χ3n) is 2.99. The predicted octanol–water partition coefficient (Wildman–Crippen LogP) is 2.53. The molecule has 7 heteroatoms. The predicted molar refractivity (Wildman–Crippen MR) is 90.1 cm³/mol. The molecule has 0 fully saturated rings. The first kappa shape index (κ1) is 19.3. The maximum Gasteiger partial charge on any atom is 0.313 e. The summed E-state index contributed by atoms with van der Waals surface area (Å²) in [5.41, 5.74) is 1.17. The van der Waals surface area contributed by atoms with Crippen LogP contribution in [0.25, 0.3) is 0 Å². The molecule has 2 amide bonds. The van der Waals surface area contributed by atoms with Crippen molar-refractivity contribution in [2.24, 2.45) is 0 Å². The molecule has 0 aromatic heterocycles. The minimum Gasteiger partial charge on any atom is -0.495 e. The van der Waals surface area contributed by atoms with Gasteiger partial charge < -0.3 is 20.1 Å². The van der Waals surface area contributed by atoms with E-state index in [1.54, 1.807) is 19.1 Å². The second-order valence-corrected chi connectivity index (χ2v) is 5.69. The number of ether oxygens (including phenoxy) is 2. The van der Waals surface area contributed by atoms with Crippen molar-refractivity contribution in [2.75, 3.05) is 25.6 Å². The van der Waals surface area contributed by atoms with Crippen LogP contribution in [0.5, 0.6) is 5.75 Å². The molecule has 0 aliphatic carbocycles. The number of carbonyl (C=O) groups excluding carboxylic acids is 2. The SMILES string of the molecule is COc1cc(Cl)c(C)cc1NC(=O)C(=O)NCCCOC(C)C. The van der Waals surface area contributed by atoms with Crippen LogP contribution >= 0.6 is 11.6 Å². The van der Waals surface area contributed by atoms with Gasteiger partial charge in [0.15, 0.2) is 0 Å². The molecule has 0 radical (unpaired) electrons. The Bertz CT molecular complexity index is 561. The highest BCUT2D eigenvalue weighted by Crippen LogP contribution is 2.30. The van der Waals surface area contributed by atoms with Crippen LogP contribution in [0.4, 0.5) is 5.69 Å². The van der Waals surface area contributed by atoms with Gasteiger partial charge in [-0.15, -0.1) is 0 Å². The Morgan fingerprint density at radius 1 is 1.26 bits per heavy atom. The molecule has 0 spiro atoms. The normalized spacial score (nSPS) is 10.5. The van der Waals surface area contributed by atoms with Crippen LogP contribution in [0.2, 0.25) is 5.02 Å². The lowest BCUT2D eigenvalue weighted by molar-refractivity contribution is -0.136. The number of hydrogen-bond donors (Lipinski definition) is 2. The third kappa shape index (κ3) is 6.46. The van der Waals surface area contributed by atoms with E-state index in [0.29, 0.717) is 36.0 Å². The van der Waals surface area contributed by atoms with Crippen molar-refractivity contribution in [2.45, 2.75) is 33.3 Å². The summed E-state index contributed by atoms with van der Waals surface area (Å²) in [7, 11) is 1.46. The van der Waals surface area contributed by atoms with E-state index in [-0.39, 0.29) is 6.10 Å². The van der Waals surface area contributed by atoms with E-state index >= 15 is 0 Å². The topological polar surface area (TPSA) is 76.7 Å². The summed E-state index contributed by atoms with van der Waals surface area (Å²) in [5, 5.41) is 5.59. The van der Waals surface area contributed by atoms with E-state index in [9.17, 15) is 9.59 Å². The summed E-state index contributed by atoms with van der Waals surface area (Å²) >= 11 is 6.00. The van der Waals surface area contributed by atoms with E-state index < -0.39 is 11.8 Å². The summed E-state index contributed by atoms with van der Waals surface area (Å²) < 4.78 is 10.5. The zero-order chi connectivity index (χ0) is 17.4. The van der Waals surface area contributed by atoms with E-state index in [1.807, 2.05) is 13.8 Å². The second kappa shape index (κ2) is 9.37. The van der Waals surface area contributed by atoms with E-state index in [0.717, 1.165) is 5.56 Å². The fourth-order valence-corrected chi connectivity index (χ4v) is 1.94. The van der Waals surface area contributed by atoms with Gasteiger partial charge in [0, 0.05) is 24.2 Å². The van der Waals surface area contributed by atoms with Crippen LogP contribution < -0.4 is 15.4 Å². The van der Waals surface area contributed by atoms with Gasteiger partial charge in [-0.1, -0.05) is 11.6 Å². The van der Waals surface area contributed by atoms with Gasteiger partial charge >= 0.3 is 11.8 Å². The minimum absolute atomic E-state index is 0.148. The average Bonchev–Trinajstić information content (AvgIpc) is 2.49. The number of halogens is 1. The molecule has 0 aliphatic heterocycles. The molecule has 2 N–H and O–H groups in total. The molecule has 128 valence electrons. The van der Waals surface area contributed by atoms with Gasteiger partial charge in [0.1, 0.15) is 5.75 Å². The van der Waals surface area contributed by atoms with Gasteiger partial charge in [-0.25, -0.2) is 0 Å². The highest BCUT2D eigenvalue weighted by atomic mass is 35.5. The molecular formula is C16H23ClN2O4. The number of benzene rings is 1. The molecule has 1 rings (SSSR count). The van der Waals surface area contributed by atoms with Gasteiger partial charge in [0.25, 0.3) is 0 Å². The van der Waals surface area contributed by atoms with Crippen LogP contribution in [0.3, 0.4) is 0 Å². The minimum atomic E-state index is -0.755. The van der Waals surface area contributed by atoms with Crippen molar-refractivity contribution < 1.29 is 19.1 Å². The number of rotatable bonds is 7. The number of methoxy groups -OCH3 is 1. The molecule has 1 aromatic carbocycles. The number of amides is 2. The standard InChI is InChI=1S/C16H23ClN2O4/c1-10(2)23-7-5-6-18-15(20)16(21)19-13-8-11(3)12(17)9-14(13)22-4/h8-10H,5-7H2,1-4H3,(H,18,20)(H,19,21). The van der Waals surface area contributed by atoms with E-state index in [1.165, 1.54) is 7.11 Å². The Hall–Kier alpha value is -1.79. The Morgan fingerprint density at radius 3 is 2.57 bits per heavy atom. The van der Waals surface area contributed by atoms with Gasteiger partial charge in [-0.3, -0.25) is 9.59 Å². The van der Waals surface area contributed by atoms with Crippen molar-refractivity contribution in [3.05, 3.63) is 22.7 Å². The maximum absolute atomic E-state index is 11.9. The maximum atomic E-state index is 11.9. The Morgan fingerprint density at radius 2 is 1.96 bits per heavy atom. The number of nitrogens with one attached hydrogen (secondary N) is 2. The monoisotopic (exact) mass is 342 g/mol. The van der Waals surface area contributed by atoms with Crippen molar-refractivity contribution in [3.63, 3.8) is 0 Å². The van der Waals surface area contributed by atoms with Crippen molar-refractivity contribution in [1.82, 2.24) is 5.32 Å². The first-order valence-corrected chi connectivity index (χ1v) is 7.77. The molecule has 0 heterocycles. The molecule has 0 atom stereocenters. The van der Waals surface area contributed by atoms with Crippen LogP contribution in [0.1, 0.15) is 25.8 Å². The number of aryl methyl sites for hydroxylation is 1. The summed E-state index contributed by atoms with van der Waals surface area (Å²) in [4.78, 5) is 23.7. The van der Waals surface area contributed by atoms with Crippen LogP contribution in [-0.2, 0) is 14.3 Å². The van der Waals surface area contributed by atoms with E-state index in [4.69, 9.17) is 21.1 Å². The Kier molecular flexibility index (Phi) is 7.85. The second-order valence-electron chi connectivity index (χ2n) is 5.28. The highest BCUT2D eigenvalue weighted by Gasteiger charge is 2.16. The number of anilines is 1.